The van der Waals surface area contributed by atoms with Crippen LogP contribution in [0.1, 0.15) is 68.9 Å². The van der Waals surface area contributed by atoms with E-state index < -0.39 is 6.03 Å². The number of rotatable bonds is 13. The van der Waals surface area contributed by atoms with Crippen molar-refractivity contribution in [2.24, 2.45) is 0 Å². The second-order valence-corrected chi connectivity index (χ2v) is 9.70. The molecule has 0 bridgehead atoms. The maximum atomic E-state index is 12.0. The van der Waals surface area contributed by atoms with Crippen molar-refractivity contribution in [1.82, 2.24) is 10.4 Å². The zero-order chi connectivity index (χ0) is 29.2. The number of hydroxylamine groups is 2. The summed E-state index contributed by atoms with van der Waals surface area (Å²) < 4.78 is 34.8. The summed E-state index contributed by atoms with van der Waals surface area (Å²) >= 11 is 0. The highest BCUT2D eigenvalue weighted by molar-refractivity contribution is 5.74. The molecule has 2 aromatic carbocycles. The van der Waals surface area contributed by atoms with E-state index in [0.29, 0.717) is 46.8 Å². The molecule has 2 aromatic rings. The number of carbonyl (C=O) groups is 1. The van der Waals surface area contributed by atoms with Crippen LogP contribution in [0.25, 0.3) is 0 Å². The van der Waals surface area contributed by atoms with Gasteiger partial charge in [-0.25, -0.2) is 9.86 Å². The van der Waals surface area contributed by atoms with Crippen molar-refractivity contribution in [3.05, 3.63) is 53.2 Å². The average molecular weight is 559 g/mol. The van der Waals surface area contributed by atoms with Crippen molar-refractivity contribution < 1.29 is 38.4 Å². The number of amides is 2. The van der Waals surface area contributed by atoms with E-state index in [2.05, 4.69) is 11.4 Å². The van der Waals surface area contributed by atoms with Crippen LogP contribution >= 0.6 is 0 Å². The lowest BCUT2D eigenvalue weighted by molar-refractivity contribution is -0.0665. The monoisotopic (exact) mass is 558 g/mol. The van der Waals surface area contributed by atoms with Crippen LogP contribution < -0.4 is 29.0 Å². The lowest BCUT2D eigenvalue weighted by Gasteiger charge is -2.20. The van der Waals surface area contributed by atoms with E-state index in [0.717, 1.165) is 36.0 Å². The van der Waals surface area contributed by atoms with Gasteiger partial charge in [0.05, 0.1) is 53.3 Å². The molecule has 0 aromatic heterocycles. The molecule has 0 saturated carbocycles. The minimum absolute atomic E-state index is 0.151. The summed E-state index contributed by atoms with van der Waals surface area (Å²) in [5.74, 6) is 3.00. The number of carbonyl (C=O) groups excluding carboxylic acids is 1. The topological polar surface area (TPSA) is 108 Å². The molecule has 1 fully saturated rings. The zero-order valence-electron chi connectivity index (χ0n) is 24.5. The summed E-state index contributed by atoms with van der Waals surface area (Å²) in [6.07, 6.45) is 5.96. The molecule has 2 N–H and O–H groups in total. The number of allylic oxidation sites excluding steroid dienone is 1. The summed E-state index contributed by atoms with van der Waals surface area (Å²) in [6.45, 7) is 6.02. The zero-order valence-corrected chi connectivity index (χ0v) is 24.5. The first-order valence-corrected chi connectivity index (χ1v) is 13.5. The molecule has 2 amide bonds. The fourth-order valence-electron chi connectivity index (χ4n) is 4.57. The molecule has 0 radical (unpaired) electrons. The number of urea groups is 1. The van der Waals surface area contributed by atoms with Gasteiger partial charge in [0.1, 0.15) is 0 Å². The lowest BCUT2D eigenvalue weighted by Crippen LogP contribution is -2.39. The molecule has 0 aliphatic carbocycles. The Morgan fingerprint density at radius 2 is 1.52 bits per heavy atom. The van der Waals surface area contributed by atoms with E-state index >= 15 is 0 Å². The van der Waals surface area contributed by atoms with Gasteiger partial charge in [0.25, 0.3) is 0 Å². The predicted octanol–water partition coefficient (Wildman–Crippen LogP) is 5.97. The molecule has 40 heavy (non-hydrogen) atoms. The Morgan fingerprint density at radius 3 is 2.02 bits per heavy atom. The molecule has 1 heterocycles. The maximum absolute atomic E-state index is 12.0. The van der Waals surface area contributed by atoms with E-state index in [9.17, 15) is 10.0 Å². The van der Waals surface area contributed by atoms with Gasteiger partial charge >= 0.3 is 6.03 Å². The molecule has 2 unspecified atom stereocenters. The molecule has 220 valence electrons. The average Bonchev–Trinajstić information content (AvgIpc) is 3.47. The summed E-state index contributed by atoms with van der Waals surface area (Å²) in [5, 5.41) is 13.0. The van der Waals surface area contributed by atoms with Gasteiger partial charge in [-0.15, -0.1) is 0 Å². The number of ether oxygens (including phenoxy) is 6. The quantitative estimate of drug-likeness (QED) is 0.229. The van der Waals surface area contributed by atoms with Crippen molar-refractivity contribution in [3.63, 3.8) is 0 Å². The number of nitrogens with zero attached hydrogens (tertiary/aromatic N) is 1. The van der Waals surface area contributed by atoms with Crippen molar-refractivity contribution in [1.29, 1.82) is 0 Å². The van der Waals surface area contributed by atoms with Gasteiger partial charge in [0.2, 0.25) is 5.75 Å². The standard InChI is InChI=1S/C30H42N2O8/c1-8-14-39-28-20(10-9-13-31-30(33)32(34)19(2)3)15-21(16-25(28)35-4)23-11-12-24(40-23)22-17-26(36-5)29(38-7)27(18-22)37-6/h9,13,15-19,23-24,34H,8,10-12,14H2,1-7H3,(H,31,33). The molecule has 2 atom stereocenters. The lowest BCUT2D eigenvalue weighted by atomic mass is 9.99. The smallest absolute Gasteiger partial charge is 0.345 e. The van der Waals surface area contributed by atoms with E-state index in [1.807, 2.05) is 25.1 Å². The third-order valence-corrected chi connectivity index (χ3v) is 6.63. The highest BCUT2D eigenvalue weighted by Crippen LogP contribution is 2.47. The van der Waals surface area contributed by atoms with Gasteiger partial charge in [-0.3, -0.25) is 5.21 Å². The second kappa shape index (κ2) is 14.7. The van der Waals surface area contributed by atoms with Gasteiger partial charge < -0.3 is 33.7 Å². The van der Waals surface area contributed by atoms with Crippen LogP contribution in [0.5, 0.6) is 28.7 Å². The Bertz CT molecular complexity index is 1140. The van der Waals surface area contributed by atoms with Crippen LogP contribution in [-0.4, -0.2) is 57.4 Å². The number of methoxy groups -OCH3 is 4. The Morgan fingerprint density at radius 1 is 0.975 bits per heavy atom. The summed E-state index contributed by atoms with van der Waals surface area (Å²) in [5.41, 5.74) is 2.83. The molecular formula is C30H42N2O8. The molecule has 1 aliphatic heterocycles. The minimum Gasteiger partial charge on any atom is -0.493 e. The number of nitrogens with one attached hydrogen (secondary N) is 1. The van der Waals surface area contributed by atoms with Crippen LogP contribution in [0.4, 0.5) is 4.79 Å². The van der Waals surface area contributed by atoms with Gasteiger partial charge in [0, 0.05) is 11.8 Å². The molecule has 3 rings (SSSR count). The molecule has 10 heteroatoms. The molecular weight excluding hydrogens is 516 g/mol. The fraction of sp³-hybridized carbons (Fsp3) is 0.500. The summed E-state index contributed by atoms with van der Waals surface area (Å²) in [6, 6.07) is 6.95. The Labute approximate surface area is 236 Å². The number of benzene rings is 2. The van der Waals surface area contributed by atoms with Crippen molar-refractivity contribution in [2.75, 3.05) is 35.0 Å². The fourth-order valence-corrected chi connectivity index (χ4v) is 4.57. The van der Waals surface area contributed by atoms with Gasteiger partial charge in [0.15, 0.2) is 23.0 Å². The SMILES string of the molecule is CCCOc1c(CC=CNC(=O)N(O)C(C)C)cc(C2CCC(c3cc(OC)c(OC)c(OC)c3)O2)cc1OC. The molecule has 0 spiro atoms. The first kappa shape index (κ1) is 30.9. The van der Waals surface area contributed by atoms with E-state index in [4.69, 9.17) is 28.4 Å². The van der Waals surface area contributed by atoms with Crippen LogP contribution in [0.15, 0.2) is 36.5 Å². The number of hydrogen-bond donors (Lipinski definition) is 2. The van der Waals surface area contributed by atoms with Gasteiger partial charge in [-0.2, -0.15) is 0 Å². The first-order chi connectivity index (χ1) is 19.3. The Hall–Kier alpha value is -3.63. The largest absolute Gasteiger partial charge is 0.493 e. The van der Waals surface area contributed by atoms with E-state index in [-0.39, 0.29) is 18.2 Å². The van der Waals surface area contributed by atoms with Crippen molar-refractivity contribution in [2.45, 2.75) is 64.7 Å². The molecule has 10 nitrogen and oxygen atoms in total. The molecule has 1 saturated heterocycles. The second-order valence-electron chi connectivity index (χ2n) is 9.70. The summed E-state index contributed by atoms with van der Waals surface area (Å²) in [7, 11) is 6.39. The van der Waals surface area contributed by atoms with Gasteiger partial charge in [-0.1, -0.05) is 13.0 Å². The van der Waals surface area contributed by atoms with Crippen LogP contribution in [0.3, 0.4) is 0 Å². The normalized spacial score (nSPS) is 16.7. The highest BCUT2D eigenvalue weighted by Gasteiger charge is 2.31. The minimum atomic E-state index is -0.600. The van der Waals surface area contributed by atoms with E-state index in [1.54, 1.807) is 48.4 Å². The van der Waals surface area contributed by atoms with Crippen molar-refractivity contribution >= 4 is 6.03 Å². The predicted molar refractivity (Wildman–Crippen MR) is 151 cm³/mol. The third kappa shape index (κ3) is 7.31. The maximum Gasteiger partial charge on any atom is 0.345 e. The van der Waals surface area contributed by atoms with Crippen LogP contribution in [0.2, 0.25) is 0 Å². The van der Waals surface area contributed by atoms with Crippen LogP contribution in [-0.2, 0) is 11.2 Å². The Balaban J connectivity index is 1.85. The number of hydrogen-bond acceptors (Lipinski definition) is 8. The Kier molecular flexibility index (Phi) is 11.3. The molecule has 1 aliphatic rings. The first-order valence-electron chi connectivity index (χ1n) is 13.5. The van der Waals surface area contributed by atoms with Gasteiger partial charge in [-0.05, 0) is 74.9 Å². The highest BCUT2D eigenvalue weighted by atomic mass is 16.5. The van der Waals surface area contributed by atoms with Crippen molar-refractivity contribution in [3.8, 4) is 28.7 Å². The van der Waals surface area contributed by atoms with E-state index in [1.165, 1.54) is 6.20 Å². The van der Waals surface area contributed by atoms with Crippen LogP contribution in [0, 0.1) is 0 Å². The summed E-state index contributed by atoms with van der Waals surface area (Å²) in [4.78, 5) is 12.0. The third-order valence-electron chi connectivity index (χ3n) is 6.63.